The molecule has 8 heteroatoms. The second-order valence-corrected chi connectivity index (χ2v) is 4.43. The van der Waals surface area contributed by atoms with E-state index in [4.69, 9.17) is 9.84 Å². The number of aromatic nitrogens is 1. The van der Waals surface area contributed by atoms with Crippen molar-refractivity contribution in [2.24, 2.45) is 0 Å². The van der Waals surface area contributed by atoms with Crippen LogP contribution in [-0.4, -0.2) is 21.0 Å². The van der Waals surface area contributed by atoms with Gasteiger partial charge in [-0.1, -0.05) is 6.07 Å². The van der Waals surface area contributed by atoms with Crippen molar-refractivity contribution in [1.29, 1.82) is 0 Å². The summed E-state index contributed by atoms with van der Waals surface area (Å²) in [5.74, 6) is -0.631. The Labute approximate surface area is 121 Å². The molecule has 0 aliphatic carbocycles. The van der Waals surface area contributed by atoms with E-state index in [0.29, 0.717) is 0 Å². The van der Waals surface area contributed by atoms with Crippen LogP contribution >= 0.6 is 15.9 Å². The minimum atomic E-state index is -1.15. The van der Waals surface area contributed by atoms with Gasteiger partial charge in [0.25, 0.3) is 5.69 Å². The molecule has 0 fully saturated rings. The highest BCUT2D eigenvalue weighted by atomic mass is 79.9. The number of carboxylic acid groups (broad SMARTS) is 1. The molecule has 1 aromatic carbocycles. The molecule has 7 nitrogen and oxygen atoms in total. The second-order valence-electron chi connectivity index (χ2n) is 3.63. The first-order valence-electron chi connectivity index (χ1n) is 5.29. The van der Waals surface area contributed by atoms with Crippen LogP contribution in [0.3, 0.4) is 0 Å². The van der Waals surface area contributed by atoms with Gasteiger partial charge in [-0.15, -0.1) is 0 Å². The summed E-state index contributed by atoms with van der Waals surface area (Å²) in [6.45, 7) is 0. The topological polar surface area (TPSA) is 103 Å². The maximum absolute atomic E-state index is 10.8. The third kappa shape index (κ3) is 2.91. The fourth-order valence-electron chi connectivity index (χ4n) is 1.41. The molecule has 0 bridgehead atoms. The largest absolute Gasteiger partial charge is 0.477 e. The molecule has 1 N–H and O–H groups in total. The number of aromatic carboxylic acids is 1. The Morgan fingerprint density at radius 3 is 2.65 bits per heavy atom. The van der Waals surface area contributed by atoms with Gasteiger partial charge >= 0.3 is 5.97 Å². The van der Waals surface area contributed by atoms with Crippen LogP contribution < -0.4 is 4.74 Å². The van der Waals surface area contributed by atoms with E-state index in [1.165, 1.54) is 30.5 Å². The monoisotopic (exact) mass is 338 g/mol. The highest BCUT2D eigenvalue weighted by Crippen LogP contribution is 2.36. The van der Waals surface area contributed by atoms with E-state index in [9.17, 15) is 14.9 Å². The van der Waals surface area contributed by atoms with Gasteiger partial charge in [0, 0.05) is 6.07 Å². The van der Waals surface area contributed by atoms with E-state index in [-0.39, 0.29) is 27.4 Å². The van der Waals surface area contributed by atoms with Crippen molar-refractivity contribution in [3.05, 3.63) is 56.8 Å². The van der Waals surface area contributed by atoms with E-state index in [2.05, 4.69) is 20.9 Å². The van der Waals surface area contributed by atoms with Gasteiger partial charge in [-0.3, -0.25) is 10.1 Å². The van der Waals surface area contributed by atoms with Crippen molar-refractivity contribution in [2.75, 3.05) is 0 Å². The Bertz CT molecular complexity index is 672. The van der Waals surface area contributed by atoms with Crippen molar-refractivity contribution in [3.8, 4) is 11.5 Å². The Morgan fingerprint density at radius 1 is 1.35 bits per heavy atom. The van der Waals surface area contributed by atoms with E-state index in [1.807, 2.05) is 0 Å². The van der Waals surface area contributed by atoms with Gasteiger partial charge in [0.1, 0.15) is 21.7 Å². The molecule has 0 aliphatic rings. The first-order valence-corrected chi connectivity index (χ1v) is 6.08. The summed E-state index contributed by atoms with van der Waals surface area (Å²) in [7, 11) is 0. The molecule has 0 amide bonds. The number of nitro benzene ring substituents is 1. The number of hydrogen-bond donors (Lipinski definition) is 1. The summed E-state index contributed by atoms with van der Waals surface area (Å²) in [6, 6.07) is 7.06. The van der Waals surface area contributed by atoms with E-state index >= 15 is 0 Å². The summed E-state index contributed by atoms with van der Waals surface area (Å²) in [6.07, 6.45) is 1.23. The van der Waals surface area contributed by atoms with Crippen LogP contribution in [0, 0.1) is 10.1 Å². The van der Waals surface area contributed by atoms with E-state index in [0.717, 1.165) is 0 Å². The van der Waals surface area contributed by atoms with Crippen LogP contribution in [0.15, 0.2) is 41.0 Å². The third-order valence-electron chi connectivity index (χ3n) is 2.32. The zero-order valence-corrected chi connectivity index (χ0v) is 11.4. The molecule has 0 unspecified atom stereocenters. The minimum absolute atomic E-state index is 0.115. The Hall–Kier alpha value is -2.48. The number of nitro groups is 1. The number of carboxylic acids is 1. The lowest BCUT2D eigenvalue weighted by atomic mass is 10.3. The lowest BCUT2D eigenvalue weighted by Gasteiger charge is -2.07. The zero-order valence-electron chi connectivity index (χ0n) is 9.82. The van der Waals surface area contributed by atoms with E-state index in [1.54, 1.807) is 6.07 Å². The average molecular weight is 339 g/mol. The van der Waals surface area contributed by atoms with Crippen LogP contribution in [0.1, 0.15) is 10.5 Å². The molecule has 0 saturated heterocycles. The number of nitrogens with zero attached hydrogens (tertiary/aromatic N) is 2. The second kappa shape index (κ2) is 5.66. The highest BCUT2D eigenvalue weighted by molar-refractivity contribution is 9.10. The Kier molecular flexibility index (Phi) is 3.94. The lowest BCUT2D eigenvalue weighted by Crippen LogP contribution is -1.99. The van der Waals surface area contributed by atoms with Crippen LogP contribution in [-0.2, 0) is 0 Å². The van der Waals surface area contributed by atoms with E-state index < -0.39 is 10.9 Å². The minimum Gasteiger partial charge on any atom is -0.477 e. The molecule has 1 aromatic heterocycles. The number of ether oxygens (including phenoxy) is 1. The molecule has 1 heterocycles. The highest BCUT2D eigenvalue weighted by Gasteiger charge is 2.16. The molecule has 0 aliphatic heterocycles. The fourth-order valence-corrected chi connectivity index (χ4v) is 1.90. The van der Waals surface area contributed by atoms with Gasteiger partial charge in [0.2, 0.25) is 0 Å². The predicted molar refractivity (Wildman–Crippen MR) is 72.1 cm³/mol. The van der Waals surface area contributed by atoms with Gasteiger partial charge in [-0.25, -0.2) is 9.78 Å². The van der Waals surface area contributed by atoms with Gasteiger partial charge in [-0.2, -0.15) is 0 Å². The normalized spacial score (nSPS) is 10.1. The average Bonchev–Trinajstić information content (AvgIpc) is 2.41. The molecule has 2 aromatic rings. The molecule has 20 heavy (non-hydrogen) atoms. The Morgan fingerprint density at radius 2 is 2.10 bits per heavy atom. The molecule has 0 atom stereocenters. The summed E-state index contributed by atoms with van der Waals surface area (Å²) in [5.41, 5.74) is -0.243. The third-order valence-corrected chi connectivity index (χ3v) is 3.12. The number of pyridine rings is 1. The van der Waals surface area contributed by atoms with Crippen LogP contribution in [0.25, 0.3) is 0 Å². The maximum atomic E-state index is 10.8. The maximum Gasteiger partial charge on any atom is 0.354 e. The van der Waals surface area contributed by atoms with Crippen molar-refractivity contribution in [2.45, 2.75) is 0 Å². The predicted octanol–water partition coefficient (Wildman–Crippen LogP) is 3.24. The molecular weight excluding hydrogens is 332 g/mol. The molecule has 0 saturated carbocycles. The molecular formula is C12H7BrN2O5. The van der Waals surface area contributed by atoms with Crippen molar-refractivity contribution < 1.29 is 19.6 Å². The lowest BCUT2D eigenvalue weighted by molar-refractivity contribution is -0.385. The van der Waals surface area contributed by atoms with Gasteiger partial charge in [0.05, 0.1) is 11.1 Å². The molecule has 0 spiro atoms. The summed E-state index contributed by atoms with van der Waals surface area (Å²) in [5, 5.41) is 19.5. The number of carbonyl (C=O) groups is 1. The zero-order chi connectivity index (χ0) is 14.7. The van der Waals surface area contributed by atoms with Crippen LogP contribution in [0.5, 0.6) is 11.5 Å². The summed E-state index contributed by atoms with van der Waals surface area (Å²) in [4.78, 5) is 24.6. The fraction of sp³-hybridized carbons (Fsp3) is 0. The summed E-state index contributed by atoms with van der Waals surface area (Å²) >= 11 is 3.10. The quantitative estimate of drug-likeness (QED) is 0.678. The van der Waals surface area contributed by atoms with Gasteiger partial charge in [0.15, 0.2) is 0 Å². The number of hydrogen-bond acceptors (Lipinski definition) is 5. The van der Waals surface area contributed by atoms with Crippen LogP contribution in [0.2, 0.25) is 0 Å². The SMILES string of the molecule is O=C(O)c1ccc(Oc2cccc([N+](=O)[O-])c2Br)cn1. The smallest absolute Gasteiger partial charge is 0.354 e. The van der Waals surface area contributed by atoms with Crippen molar-refractivity contribution in [1.82, 2.24) is 4.98 Å². The summed E-state index contributed by atoms with van der Waals surface area (Å²) < 4.78 is 5.63. The molecule has 2 rings (SSSR count). The molecule has 0 radical (unpaired) electrons. The number of halogens is 1. The number of rotatable bonds is 4. The van der Waals surface area contributed by atoms with Crippen LogP contribution in [0.4, 0.5) is 5.69 Å². The first kappa shape index (κ1) is 13.9. The Balaban J connectivity index is 2.28. The van der Waals surface area contributed by atoms with Gasteiger partial charge < -0.3 is 9.84 Å². The number of benzene rings is 1. The van der Waals surface area contributed by atoms with Crippen molar-refractivity contribution in [3.63, 3.8) is 0 Å². The molecule has 102 valence electrons. The van der Waals surface area contributed by atoms with Crippen molar-refractivity contribution >= 4 is 27.6 Å². The standard InChI is InChI=1S/C12H7BrN2O5/c13-11-9(15(18)19)2-1-3-10(11)20-7-4-5-8(12(16)17)14-6-7/h1-6H,(H,16,17). The first-order chi connectivity index (χ1) is 9.49. The van der Waals surface area contributed by atoms with Gasteiger partial charge in [-0.05, 0) is 34.1 Å².